The van der Waals surface area contributed by atoms with Crippen molar-refractivity contribution in [3.63, 3.8) is 0 Å². The van der Waals surface area contributed by atoms with Crippen LogP contribution < -0.4 is 9.47 Å². The number of carbonyl (C=O) groups is 2. The van der Waals surface area contributed by atoms with Crippen molar-refractivity contribution < 1.29 is 24.2 Å². The molecule has 1 aliphatic rings. The number of carboxylic acid groups (broad SMARTS) is 1. The Morgan fingerprint density at radius 2 is 2.00 bits per heavy atom. The number of nitrogens with zero attached hydrogens (tertiary/aromatic N) is 2. The van der Waals surface area contributed by atoms with Gasteiger partial charge in [0.2, 0.25) is 0 Å². The van der Waals surface area contributed by atoms with Crippen LogP contribution in [0.3, 0.4) is 0 Å². The van der Waals surface area contributed by atoms with Crippen molar-refractivity contribution >= 4 is 40.6 Å². The standard InChI is InChI=1S/C21H20N2O5S/c1-4-23-19(24)18(11-13-8-9-16(27-2)12-17(13)28-3)29-21(23)22-15-7-5-6-14(10-15)20(25)26/h5-12H,4H2,1-3H3,(H,25,26)/b18-11-,22-21?. The second-order valence-corrected chi connectivity index (χ2v) is 7.03. The highest BCUT2D eigenvalue weighted by atomic mass is 32.2. The zero-order chi connectivity index (χ0) is 21.0. The minimum absolute atomic E-state index is 0.142. The van der Waals surface area contributed by atoms with Gasteiger partial charge >= 0.3 is 5.97 Å². The summed E-state index contributed by atoms with van der Waals surface area (Å²) in [4.78, 5) is 30.6. The largest absolute Gasteiger partial charge is 0.497 e. The average Bonchev–Trinajstić information content (AvgIpc) is 3.02. The predicted molar refractivity (Wildman–Crippen MR) is 113 cm³/mol. The molecule has 150 valence electrons. The number of rotatable bonds is 6. The number of aromatic carboxylic acids is 1. The highest BCUT2D eigenvalue weighted by molar-refractivity contribution is 8.18. The van der Waals surface area contributed by atoms with E-state index in [9.17, 15) is 9.59 Å². The van der Waals surface area contributed by atoms with Gasteiger partial charge in [0.05, 0.1) is 30.4 Å². The van der Waals surface area contributed by atoms with E-state index in [0.717, 1.165) is 5.56 Å². The molecule has 0 spiro atoms. The van der Waals surface area contributed by atoms with Gasteiger partial charge in [-0.2, -0.15) is 0 Å². The highest BCUT2D eigenvalue weighted by Gasteiger charge is 2.32. The second-order valence-electron chi connectivity index (χ2n) is 6.02. The molecule has 0 atom stereocenters. The Hall–Kier alpha value is -3.26. The number of ether oxygens (including phenoxy) is 2. The number of aliphatic imine (C=N–C) groups is 1. The SMILES string of the molecule is CCN1C(=O)/C(=C/c2ccc(OC)cc2OC)SC1=Nc1cccc(C(=O)O)c1. The Morgan fingerprint density at radius 3 is 2.66 bits per heavy atom. The van der Waals surface area contributed by atoms with Gasteiger partial charge < -0.3 is 14.6 Å². The Kier molecular flexibility index (Phi) is 6.23. The quantitative estimate of drug-likeness (QED) is 0.721. The van der Waals surface area contributed by atoms with E-state index in [0.29, 0.717) is 33.8 Å². The van der Waals surface area contributed by atoms with E-state index in [-0.39, 0.29) is 11.5 Å². The molecule has 7 nitrogen and oxygen atoms in total. The summed E-state index contributed by atoms with van der Waals surface area (Å²) >= 11 is 1.24. The number of hydrogen-bond acceptors (Lipinski definition) is 6. The molecule has 0 aliphatic carbocycles. The fraction of sp³-hybridized carbons (Fsp3) is 0.190. The summed E-state index contributed by atoms with van der Waals surface area (Å²) < 4.78 is 10.6. The van der Waals surface area contributed by atoms with Gasteiger partial charge in [0.15, 0.2) is 5.17 Å². The maximum Gasteiger partial charge on any atom is 0.335 e. The van der Waals surface area contributed by atoms with Crippen LogP contribution in [0.1, 0.15) is 22.8 Å². The van der Waals surface area contributed by atoms with Crippen LogP contribution in [-0.2, 0) is 4.79 Å². The average molecular weight is 412 g/mol. The highest BCUT2D eigenvalue weighted by Crippen LogP contribution is 2.36. The predicted octanol–water partition coefficient (Wildman–Crippen LogP) is 4.03. The Labute approximate surface area is 172 Å². The number of amidine groups is 1. The van der Waals surface area contributed by atoms with Crippen LogP contribution in [0.15, 0.2) is 52.4 Å². The van der Waals surface area contributed by atoms with Crippen LogP contribution in [-0.4, -0.2) is 47.8 Å². The molecule has 0 saturated carbocycles. The van der Waals surface area contributed by atoms with Gasteiger partial charge in [-0.05, 0) is 55.1 Å². The fourth-order valence-electron chi connectivity index (χ4n) is 2.77. The van der Waals surface area contributed by atoms with E-state index in [1.807, 2.05) is 13.0 Å². The minimum atomic E-state index is -1.03. The second kappa shape index (κ2) is 8.83. The van der Waals surface area contributed by atoms with Crippen LogP contribution in [0.4, 0.5) is 5.69 Å². The van der Waals surface area contributed by atoms with Gasteiger partial charge in [0.1, 0.15) is 11.5 Å². The number of carboxylic acids is 1. The number of likely N-dealkylation sites (N-methyl/N-ethyl adjacent to an activating group) is 1. The zero-order valence-corrected chi connectivity index (χ0v) is 17.0. The van der Waals surface area contributed by atoms with Crippen molar-refractivity contribution in [3.8, 4) is 11.5 Å². The van der Waals surface area contributed by atoms with Crippen LogP contribution in [0.25, 0.3) is 6.08 Å². The molecule has 1 fully saturated rings. The van der Waals surface area contributed by atoms with E-state index in [2.05, 4.69) is 4.99 Å². The van der Waals surface area contributed by atoms with E-state index in [1.54, 1.807) is 49.5 Å². The first-order valence-corrected chi connectivity index (χ1v) is 9.64. The first kappa shape index (κ1) is 20.5. The molecule has 0 unspecified atom stereocenters. The smallest absolute Gasteiger partial charge is 0.335 e. The van der Waals surface area contributed by atoms with E-state index >= 15 is 0 Å². The van der Waals surface area contributed by atoms with Gasteiger partial charge in [-0.15, -0.1) is 0 Å². The molecule has 0 radical (unpaired) electrons. The van der Waals surface area contributed by atoms with Crippen molar-refractivity contribution in [2.45, 2.75) is 6.92 Å². The van der Waals surface area contributed by atoms with Crippen molar-refractivity contribution in [3.05, 3.63) is 58.5 Å². The summed E-state index contributed by atoms with van der Waals surface area (Å²) in [6, 6.07) is 11.7. The number of benzene rings is 2. The number of amides is 1. The third kappa shape index (κ3) is 4.43. The molecule has 8 heteroatoms. The molecule has 2 aromatic rings. The minimum Gasteiger partial charge on any atom is -0.497 e. The third-order valence-electron chi connectivity index (χ3n) is 4.25. The Balaban J connectivity index is 1.96. The Morgan fingerprint density at radius 1 is 1.21 bits per heavy atom. The molecular formula is C21H20N2O5S. The Bertz CT molecular complexity index is 1020. The van der Waals surface area contributed by atoms with Gasteiger partial charge in [0, 0.05) is 18.2 Å². The van der Waals surface area contributed by atoms with Gasteiger partial charge in [0.25, 0.3) is 5.91 Å². The van der Waals surface area contributed by atoms with E-state index in [4.69, 9.17) is 14.6 Å². The zero-order valence-electron chi connectivity index (χ0n) is 16.2. The molecule has 1 aliphatic heterocycles. The summed E-state index contributed by atoms with van der Waals surface area (Å²) in [5.74, 6) is 0.0586. The number of hydrogen-bond donors (Lipinski definition) is 1. The van der Waals surface area contributed by atoms with Crippen molar-refractivity contribution in [1.82, 2.24) is 4.90 Å². The molecule has 0 bridgehead atoms. The summed E-state index contributed by atoms with van der Waals surface area (Å²) in [5.41, 5.74) is 1.36. The normalized spacial score (nSPS) is 16.5. The van der Waals surface area contributed by atoms with E-state index in [1.165, 1.54) is 23.9 Å². The number of methoxy groups -OCH3 is 2. The summed E-state index contributed by atoms with van der Waals surface area (Å²) in [6.07, 6.45) is 1.75. The molecule has 1 N–H and O–H groups in total. The lowest BCUT2D eigenvalue weighted by Gasteiger charge is -2.12. The van der Waals surface area contributed by atoms with Crippen molar-refractivity contribution in [1.29, 1.82) is 0 Å². The van der Waals surface area contributed by atoms with Crippen LogP contribution in [0.5, 0.6) is 11.5 Å². The maximum atomic E-state index is 12.8. The fourth-order valence-corrected chi connectivity index (χ4v) is 3.82. The van der Waals surface area contributed by atoms with Gasteiger partial charge in [-0.25, -0.2) is 9.79 Å². The number of carbonyl (C=O) groups excluding carboxylic acids is 1. The molecular weight excluding hydrogens is 392 g/mol. The first-order chi connectivity index (χ1) is 14.0. The monoisotopic (exact) mass is 412 g/mol. The molecule has 1 amide bonds. The van der Waals surface area contributed by atoms with Gasteiger partial charge in [-0.3, -0.25) is 9.69 Å². The molecule has 2 aromatic carbocycles. The summed E-state index contributed by atoms with van der Waals surface area (Å²) in [7, 11) is 3.13. The summed E-state index contributed by atoms with van der Waals surface area (Å²) in [5, 5.41) is 9.65. The summed E-state index contributed by atoms with van der Waals surface area (Å²) in [6.45, 7) is 2.30. The molecule has 29 heavy (non-hydrogen) atoms. The van der Waals surface area contributed by atoms with Crippen molar-refractivity contribution in [2.24, 2.45) is 4.99 Å². The van der Waals surface area contributed by atoms with E-state index < -0.39 is 5.97 Å². The lowest BCUT2D eigenvalue weighted by atomic mass is 10.1. The lowest BCUT2D eigenvalue weighted by Crippen LogP contribution is -2.28. The van der Waals surface area contributed by atoms with Crippen LogP contribution in [0, 0.1) is 0 Å². The molecule has 1 saturated heterocycles. The van der Waals surface area contributed by atoms with Gasteiger partial charge in [-0.1, -0.05) is 6.07 Å². The van der Waals surface area contributed by atoms with Crippen LogP contribution in [0.2, 0.25) is 0 Å². The first-order valence-electron chi connectivity index (χ1n) is 8.82. The lowest BCUT2D eigenvalue weighted by molar-refractivity contribution is -0.122. The third-order valence-corrected chi connectivity index (χ3v) is 5.26. The van der Waals surface area contributed by atoms with Crippen LogP contribution >= 0.6 is 11.8 Å². The van der Waals surface area contributed by atoms with Crippen molar-refractivity contribution in [2.75, 3.05) is 20.8 Å². The maximum absolute atomic E-state index is 12.8. The molecule has 3 rings (SSSR count). The topological polar surface area (TPSA) is 88.4 Å². The molecule has 1 heterocycles. The molecule has 0 aromatic heterocycles. The number of thioether (sulfide) groups is 1.